The fourth-order valence-electron chi connectivity index (χ4n) is 4.38. The normalized spacial score (nSPS) is 21.3. The number of aliphatic hydroxyl groups excluding tert-OH is 1. The summed E-state index contributed by atoms with van der Waals surface area (Å²) in [4.78, 5) is 34.4. The molecule has 2 aliphatic rings. The molecule has 0 unspecified atom stereocenters. The number of hydrogen-bond acceptors (Lipinski definition) is 6. The summed E-state index contributed by atoms with van der Waals surface area (Å²) in [6.45, 7) is 6.00. The zero-order valence-electron chi connectivity index (χ0n) is 20.1. The highest BCUT2D eigenvalue weighted by molar-refractivity contribution is 6.07. The lowest BCUT2D eigenvalue weighted by Crippen LogP contribution is -2.50. The van der Waals surface area contributed by atoms with Crippen molar-refractivity contribution in [3.63, 3.8) is 0 Å². The van der Waals surface area contributed by atoms with Crippen LogP contribution in [0.2, 0.25) is 0 Å². The number of amides is 2. The average Bonchev–Trinajstić information content (AvgIpc) is 3.65. The Morgan fingerprint density at radius 1 is 1.26 bits per heavy atom. The number of rotatable bonds is 8. The molecule has 0 spiro atoms. The molecule has 1 aromatic heterocycles. The first-order chi connectivity index (χ1) is 16.4. The van der Waals surface area contributed by atoms with Crippen LogP contribution in [0.3, 0.4) is 0 Å². The minimum Gasteiger partial charge on any atom is -0.486 e. The van der Waals surface area contributed by atoms with Gasteiger partial charge >= 0.3 is 0 Å². The zero-order chi connectivity index (χ0) is 24.2. The minimum atomic E-state index is -0.333. The van der Waals surface area contributed by atoms with Gasteiger partial charge < -0.3 is 25.0 Å². The van der Waals surface area contributed by atoms with Gasteiger partial charge in [-0.1, -0.05) is 13.0 Å². The number of anilines is 1. The minimum absolute atomic E-state index is 0.0247. The van der Waals surface area contributed by atoms with Crippen molar-refractivity contribution < 1.29 is 19.4 Å². The van der Waals surface area contributed by atoms with Crippen LogP contribution in [0.1, 0.15) is 47.4 Å². The number of carbonyl (C=O) groups excluding carboxylic acids is 2. The Kier molecular flexibility index (Phi) is 7.48. The number of pyridine rings is 1. The Labute approximate surface area is 200 Å². The van der Waals surface area contributed by atoms with E-state index >= 15 is 0 Å². The molecule has 182 valence electrons. The summed E-state index contributed by atoms with van der Waals surface area (Å²) in [5.41, 5.74) is 1.30. The Balaban J connectivity index is 1.68. The number of fused-ring (bicyclic) bond motifs is 1. The van der Waals surface area contributed by atoms with Crippen LogP contribution in [0, 0.1) is 11.8 Å². The van der Waals surface area contributed by atoms with Crippen molar-refractivity contribution in [2.75, 3.05) is 38.6 Å². The van der Waals surface area contributed by atoms with Gasteiger partial charge in [0.15, 0.2) is 5.75 Å². The van der Waals surface area contributed by atoms with Crippen molar-refractivity contribution >= 4 is 17.5 Å². The molecule has 2 amide bonds. The van der Waals surface area contributed by atoms with Gasteiger partial charge in [-0.2, -0.15) is 0 Å². The number of aliphatic hydroxyl groups is 1. The molecular formula is C26H34N4O4. The maximum absolute atomic E-state index is 13.5. The zero-order valence-corrected chi connectivity index (χ0v) is 20.1. The van der Waals surface area contributed by atoms with E-state index in [9.17, 15) is 14.7 Å². The van der Waals surface area contributed by atoms with Gasteiger partial charge in [0.1, 0.15) is 6.10 Å². The molecule has 1 aromatic carbocycles. The Morgan fingerprint density at radius 3 is 2.68 bits per heavy atom. The van der Waals surface area contributed by atoms with Crippen LogP contribution in [-0.2, 0) is 0 Å². The third kappa shape index (κ3) is 5.56. The third-order valence-corrected chi connectivity index (χ3v) is 6.64. The van der Waals surface area contributed by atoms with Gasteiger partial charge in [0.25, 0.3) is 11.8 Å². The summed E-state index contributed by atoms with van der Waals surface area (Å²) in [6.07, 6.45) is 5.48. The highest BCUT2D eigenvalue weighted by atomic mass is 16.5. The van der Waals surface area contributed by atoms with Gasteiger partial charge in [0, 0.05) is 43.5 Å². The van der Waals surface area contributed by atoms with E-state index in [1.54, 1.807) is 47.6 Å². The predicted octanol–water partition coefficient (Wildman–Crippen LogP) is 2.90. The van der Waals surface area contributed by atoms with E-state index in [-0.39, 0.29) is 36.5 Å². The van der Waals surface area contributed by atoms with Crippen LogP contribution in [0.5, 0.6) is 5.75 Å². The number of carbonyl (C=O) groups is 2. The number of aromatic nitrogens is 1. The monoisotopic (exact) mass is 466 g/mol. The van der Waals surface area contributed by atoms with Gasteiger partial charge in [0.05, 0.1) is 23.9 Å². The van der Waals surface area contributed by atoms with Gasteiger partial charge in [-0.05, 0) is 57.0 Å². The summed E-state index contributed by atoms with van der Waals surface area (Å²) in [5.74, 6) is 0.639. The van der Waals surface area contributed by atoms with Crippen LogP contribution < -0.4 is 10.1 Å². The third-order valence-electron chi connectivity index (χ3n) is 6.64. The van der Waals surface area contributed by atoms with Crippen molar-refractivity contribution in [1.82, 2.24) is 14.8 Å². The predicted molar refractivity (Wildman–Crippen MR) is 130 cm³/mol. The van der Waals surface area contributed by atoms with Gasteiger partial charge in [-0.3, -0.25) is 14.6 Å². The van der Waals surface area contributed by atoms with E-state index in [4.69, 9.17) is 4.74 Å². The largest absolute Gasteiger partial charge is 0.486 e. The quantitative estimate of drug-likeness (QED) is 0.621. The van der Waals surface area contributed by atoms with Crippen LogP contribution in [0.25, 0.3) is 0 Å². The van der Waals surface area contributed by atoms with Crippen LogP contribution in [0.15, 0.2) is 42.7 Å². The number of para-hydroxylation sites is 1. The molecule has 2 aromatic rings. The van der Waals surface area contributed by atoms with Gasteiger partial charge in [-0.25, -0.2) is 0 Å². The van der Waals surface area contributed by atoms with Crippen molar-refractivity contribution in [1.29, 1.82) is 0 Å². The summed E-state index contributed by atoms with van der Waals surface area (Å²) in [6, 6.07) is 8.15. The molecule has 8 heteroatoms. The van der Waals surface area contributed by atoms with E-state index in [1.165, 1.54) is 12.8 Å². The van der Waals surface area contributed by atoms with Crippen molar-refractivity contribution in [2.24, 2.45) is 11.8 Å². The molecule has 34 heavy (non-hydrogen) atoms. The lowest BCUT2D eigenvalue weighted by atomic mass is 9.99. The maximum Gasteiger partial charge on any atom is 0.258 e. The summed E-state index contributed by atoms with van der Waals surface area (Å²) in [7, 11) is 2.10. The van der Waals surface area contributed by atoms with Gasteiger partial charge in [-0.15, -0.1) is 0 Å². The summed E-state index contributed by atoms with van der Waals surface area (Å²) in [5, 5.41) is 12.7. The SMILES string of the molecule is C[C@@H]1CN([C@@H](C)CO)C(=O)c2cccc(NC(=O)c3ccncc3)c2O[C@H]1CN(C)CC1CC1. The molecule has 8 nitrogen and oxygen atoms in total. The second-order valence-electron chi connectivity index (χ2n) is 9.66. The lowest BCUT2D eigenvalue weighted by molar-refractivity contribution is 0.0345. The van der Waals surface area contributed by atoms with Crippen molar-refractivity contribution in [2.45, 2.75) is 38.8 Å². The molecule has 1 aliphatic carbocycles. The molecular weight excluding hydrogens is 432 g/mol. The second kappa shape index (κ2) is 10.5. The molecule has 4 rings (SSSR count). The first kappa shape index (κ1) is 24.2. The highest BCUT2D eigenvalue weighted by Crippen LogP contribution is 2.35. The Bertz CT molecular complexity index is 1010. The number of nitrogens with one attached hydrogen (secondary N) is 1. The van der Waals surface area contributed by atoms with Crippen molar-refractivity contribution in [3.8, 4) is 5.75 Å². The number of ether oxygens (including phenoxy) is 1. The molecule has 2 N–H and O–H groups in total. The molecule has 3 atom stereocenters. The number of nitrogens with zero attached hydrogens (tertiary/aromatic N) is 3. The molecule has 1 aliphatic heterocycles. The van der Waals surface area contributed by atoms with E-state index < -0.39 is 0 Å². The molecule has 1 saturated carbocycles. The Hall–Kier alpha value is -2.97. The Morgan fingerprint density at radius 2 is 2.00 bits per heavy atom. The molecule has 0 saturated heterocycles. The molecule has 0 radical (unpaired) electrons. The van der Waals surface area contributed by atoms with E-state index in [0.717, 1.165) is 12.5 Å². The van der Waals surface area contributed by atoms with E-state index in [1.807, 2.05) is 6.92 Å². The topological polar surface area (TPSA) is 95.0 Å². The number of benzene rings is 1. The van der Waals surface area contributed by atoms with Crippen molar-refractivity contribution in [3.05, 3.63) is 53.9 Å². The van der Waals surface area contributed by atoms with Crippen LogP contribution in [0.4, 0.5) is 5.69 Å². The second-order valence-corrected chi connectivity index (χ2v) is 9.66. The molecule has 1 fully saturated rings. The molecule has 2 heterocycles. The van der Waals surface area contributed by atoms with E-state index in [0.29, 0.717) is 35.7 Å². The fourth-order valence-corrected chi connectivity index (χ4v) is 4.38. The van der Waals surface area contributed by atoms with Gasteiger partial charge in [0.2, 0.25) is 0 Å². The lowest BCUT2D eigenvalue weighted by Gasteiger charge is -2.38. The first-order valence-electron chi connectivity index (χ1n) is 12.0. The average molecular weight is 467 g/mol. The smallest absolute Gasteiger partial charge is 0.258 e. The van der Waals surface area contributed by atoms with E-state index in [2.05, 4.69) is 29.2 Å². The van der Waals surface area contributed by atoms with Crippen LogP contribution in [-0.4, -0.2) is 77.1 Å². The first-order valence-corrected chi connectivity index (χ1v) is 12.0. The van der Waals surface area contributed by atoms with Crippen LogP contribution >= 0.6 is 0 Å². The maximum atomic E-state index is 13.5. The molecule has 0 bridgehead atoms. The number of likely N-dealkylation sites (N-methyl/N-ethyl adjacent to an activating group) is 1. The standard InChI is InChI=1S/C26H34N4O4/c1-17-13-30(18(2)16-31)26(33)21-5-4-6-22(28-25(32)20-9-11-27-12-10-20)24(21)34-23(17)15-29(3)14-19-7-8-19/h4-6,9-12,17-19,23,31H,7-8,13-16H2,1-3H3,(H,28,32)/t17-,18+,23+/m1/s1. The fraction of sp³-hybridized carbons (Fsp3) is 0.500. The highest BCUT2D eigenvalue weighted by Gasteiger charge is 2.35. The summed E-state index contributed by atoms with van der Waals surface area (Å²) < 4.78 is 6.54. The number of hydrogen-bond donors (Lipinski definition) is 2. The summed E-state index contributed by atoms with van der Waals surface area (Å²) >= 11 is 0.